The van der Waals surface area contributed by atoms with Gasteiger partial charge in [-0.05, 0) is 25.7 Å². The van der Waals surface area contributed by atoms with Crippen LogP contribution in [0.2, 0.25) is 0 Å². The zero-order chi connectivity index (χ0) is 15.7. The average Bonchev–Trinajstić information content (AvgIpc) is 2.92. The monoisotopic (exact) mass is 326 g/mol. The highest BCUT2D eigenvalue weighted by Crippen LogP contribution is 2.15. The zero-order valence-corrected chi connectivity index (χ0v) is 14.4. The van der Waals surface area contributed by atoms with Gasteiger partial charge in [0.05, 0.1) is 18.7 Å². The first-order chi connectivity index (χ1) is 10.1. The molecule has 0 aliphatic heterocycles. The molecule has 1 heterocycles. The Bertz CT molecular complexity index is 465. The summed E-state index contributed by atoms with van der Waals surface area (Å²) >= 11 is 0. The lowest BCUT2D eigenvalue weighted by Crippen LogP contribution is -3.00. The summed E-state index contributed by atoms with van der Waals surface area (Å²) < 4.78 is 3.93. The van der Waals surface area contributed by atoms with Gasteiger partial charge < -0.3 is 12.4 Å². The van der Waals surface area contributed by atoms with E-state index in [0.29, 0.717) is 19.3 Å². The quantitative estimate of drug-likeness (QED) is 0.425. The fourth-order valence-electron chi connectivity index (χ4n) is 2.47. The second-order valence-corrected chi connectivity index (χ2v) is 5.41. The normalized spacial score (nSPS) is 10.3. The number of nitrogens with zero attached hydrogens (tertiary/aromatic N) is 2. The highest BCUT2D eigenvalue weighted by atomic mass is 35.5. The van der Waals surface area contributed by atoms with Gasteiger partial charge in [0.2, 0.25) is 6.33 Å². The number of rotatable bonds is 11. The van der Waals surface area contributed by atoms with Gasteiger partial charge in [-0.1, -0.05) is 20.4 Å². The Morgan fingerprint density at radius 2 is 1.82 bits per heavy atom. The molecule has 1 rings (SSSR count). The lowest BCUT2D eigenvalue weighted by molar-refractivity contribution is -0.696. The topological polar surface area (TPSA) is 43.0 Å². The number of carbonyl (C=O) groups is 2. The van der Waals surface area contributed by atoms with Crippen molar-refractivity contribution in [2.45, 2.75) is 58.9 Å². The molecule has 0 amide bonds. The van der Waals surface area contributed by atoms with Gasteiger partial charge in [0.25, 0.3) is 0 Å². The number of ketones is 2. The van der Waals surface area contributed by atoms with Crippen LogP contribution in [-0.4, -0.2) is 16.1 Å². The van der Waals surface area contributed by atoms with Crippen LogP contribution in [0.25, 0.3) is 6.20 Å². The van der Waals surface area contributed by atoms with Crippen molar-refractivity contribution in [2.24, 2.45) is 5.92 Å². The first-order valence-corrected chi connectivity index (χ1v) is 7.86. The van der Waals surface area contributed by atoms with Crippen LogP contribution < -0.4 is 17.0 Å². The van der Waals surface area contributed by atoms with E-state index < -0.39 is 5.92 Å². The van der Waals surface area contributed by atoms with Gasteiger partial charge in [-0.15, -0.1) is 0 Å². The number of carbonyl (C=O) groups excluding carboxylic acids is 2. The van der Waals surface area contributed by atoms with E-state index in [9.17, 15) is 9.59 Å². The molecule has 0 fully saturated rings. The number of halogens is 1. The van der Waals surface area contributed by atoms with E-state index in [1.807, 2.05) is 41.7 Å². The Hall–Kier alpha value is -1.42. The number of imidazole rings is 1. The molecule has 5 heteroatoms. The van der Waals surface area contributed by atoms with Gasteiger partial charge in [-0.2, -0.15) is 0 Å². The Kier molecular flexibility index (Phi) is 10.5. The Morgan fingerprint density at radius 3 is 2.27 bits per heavy atom. The summed E-state index contributed by atoms with van der Waals surface area (Å²) in [6, 6.07) is 0. The summed E-state index contributed by atoms with van der Waals surface area (Å²) in [5.41, 5.74) is 0. The SMILES string of the molecule is C=Cn1cc[n+](CCCC(C(=O)CCC)C(=O)CCC)c1.[Cl-]. The minimum absolute atomic E-state index is 0. The summed E-state index contributed by atoms with van der Waals surface area (Å²) in [7, 11) is 0. The van der Waals surface area contributed by atoms with Crippen LogP contribution in [0.15, 0.2) is 25.3 Å². The van der Waals surface area contributed by atoms with Crippen molar-refractivity contribution >= 4 is 17.8 Å². The van der Waals surface area contributed by atoms with Gasteiger partial charge >= 0.3 is 0 Å². The van der Waals surface area contributed by atoms with E-state index in [4.69, 9.17) is 0 Å². The lowest BCUT2D eigenvalue weighted by atomic mass is 9.89. The largest absolute Gasteiger partial charge is 1.00 e. The molecule has 1 aromatic heterocycles. The van der Waals surface area contributed by atoms with Crippen molar-refractivity contribution in [1.29, 1.82) is 0 Å². The second kappa shape index (κ2) is 11.2. The molecule has 0 aliphatic rings. The molecular formula is C17H27ClN2O2. The van der Waals surface area contributed by atoms with Crippen molar-refractivity contribution in [3.63, 3.8) is 0 Å². The molecule has 0 saturated heterocycles. The molecule has 0 bridgehead atoms. The standard InChI is InChI=1S/C17H27N2O2.ClH/c1-4-8-16(20)15(17(21)9-5-2)10-7-11-19-13-12-18(6-3)14-19;/h6,12-15H,3-5,7-11H2,1-2H3;1H/q+1;/p-1. The van der Waals surface area contributed by atoms with Crippen molar-refractivity contribution in [1.82, 2.24) is 4.57 Å². The Morgan fingerprint density at radius 1 is 1.23 bits per heavy atom. The summed E-state index contributed by atoms with van der Waals surface area (Å²) in [4.78, 5) is 24.2. The highest BCUT2D eigenvalue weighted by Gasteiger charge is 2.24. The second-order valence-electron chi connectivity index (χ2n) is 5.41. The van der Waals surface area contributed by atoms with E-state index >= 15 is 0 Å². The lowest BCUT2D eigenvalue weighted by Gasteiger charge is -2.13. The third-order valence-corrected chi connectivity index (χ3v) is 3.60. The molecule has 0 spiro atoms. The van der Waals surface area contributed by atoms with E-state index in [-0.39, 0.29) is 24.0 Å². The van der Waals surface area contributed by atoms with Crippen molar-refractivity contribution in [3.05, 3.63) is 25.3 Å². The Labute approximate surface area is 139 Å². The molecule has 0 saturated carbocycles. The van der Waals surface area contributed by atoms with Crippen LogP contribution in [-0.2, 0) is 16.1 Å². The molecule has 0 N–H and O–H groups in total. The number of hydrogen-bond acceptors (Lipinski definition) is 2. The molecule has 0 atom stereocenters. The van der Waals surface area contributed by atoms with Crippen LogP contribution in [0.1, 0.15) is 52.4 Å². The molecule has 0 unspecified atom stereocenters. The maximum Gasteiger partial charge on any atom is 0.248 e. The summed E-state index contributed by atoms with van der Waals surface area (Å²) in [5.74, 6) is -0.166. The number of Topliss-reactive ketones (excluding diaryl/α,β-unsaturated/α-hetero) is 2. The minimum atomic E-state index is -0.396. The predicted octanol–water partition coefficient (Wildman–Crippen LogP) is 0.0149. The molecule has 0 aliphatic carbocycles. The maximum atomic E-state index is 12.1. The molecule has 0 radical (unpaired) electrons. The van der Waals surface area contributed by atoms with E-state index in [2.05, 4.69) is 6.58 Å². The summed E-state index contributed by atoms with van der Waals surface area (Å²) in [5, 5.41) is 0. The molecule has 22 heavy (non-hydrogen) atoms. The fourth-order valence-corrected chi connectivity index (χ4v) is 2.47. The first-order valence-electron chi connectivity index (χ1n) is 7.86. The maximum absolute atomic E-state index is 12.1. The predicted molar refractivity (Wildman–Crippen MR) is 83.6 cm³/mol. The van der Waals surface area contributed by atoms with Gasteiger partial charge in [0.15, 0.2) is 0 Å². The highest BCUT2D eigenvalue weighted by molar-refractivity contribution is 6.02. The number of aromatic nitrogens is 2. The van der Waals surface area contributed by atoms with Gasteiger partial charge in [0.1, 0.15) is 24.0 Å². The molecule has 4 nitrogen and oxygen atoms in total. The molecule has 0 aromatic carbocycles. The van der Waals surface area contributed by atoms with E-state index in [0.717, 1.165) is 25.8 Å². The van der Waals surface area contributed by atoms with Crippen LogP contribution >= 0.6 is 0 Å². The van der Waals surface area contributed by atoms with Gasteiger partial charge in [0, 0.05) is 12.8 Å². The van der Waals surface area contributed by atoms with Gasteiger partial charge in [-0.3, -0.25) is 9.59 Å². The van der Waals surface area contributed by atoms with E-state index in [1.54, 1.807) is 6.20 Å². The third kappa shape index (κ3) is 6.56. The fraction of sp³-hybridized carbons (Fsp3) is 0.588. The van der Waals surface area contributed by atoms with Crippen LogP contribution in [0.4, 0.5) is 0 Å². The number of aryl methyl sites for hydroxylation is 1. The first kappa shape index (κ1) is 20.6. The molecular weight excluding hydrogens is 300 g/mol. The van der Waals surface area contributed by atoms with Crippen LogP contribution in [0.5, 0.6) is 0 Å². The third-order valence-electron chi connectivity index (χ3n) is 3.60. The molecule has 124 valence electrons. The van der Waals surface area contributed by atoms with Crippen LogP contribution in [0.3, 0.4) is 0 Å². The number of hydrogen-bond donors (Lipinski definition) is 0. The van der Waals surface area contributed by atoms with Crippen LogP contribution in [0, 0.1) is 5.92 Å². The Balaban J connectivity index is 0.00000441. The van der Waals surface area contributed by atoms with Gasteiger partial charge in [-0.25, -0.2) is 9.13 Å². The average molecular weight is 327 g/mol. The van der Waals surface area contributed by atoms with E-state index in [1.165, 1.54) is 0 Å². The van der Waals surface area contributed by atoms with Crippen molar-refractivity contribution in [3.8, 4) is 0 Å². The summed E-state index contributed by atoms with van der Waals surface area (Å²) in [6.07, 6.45) is 11.7. The molecule has 1 aromatic rings. The van der Waals surface area contributed by atoms with Crippen molar-refractivity contribution < 1.29 is 26.6 Å². The van der Waals surface area contributed by atoms with Crippen molar-refractivity contribution in [2.75, 3.05) is 0 Å². The zero-order valence-electron chi connectivity index (χ0n) is 13.6. The smallest absolute Gasteiger partial charge is 0.248 e. The summed E-state index contributed by atoms with van der Waals surface area (Å²) in [6.45, 7) is 8.47. The minimum Gasteiger partial charge on any atom is -1.00 e.